The van der Waals surface area contributed by atoms with Crippen molar-refractivity contribution in [2.45, 2.75) is 115 Å². The van der Waals surface area contributed by atoms with Gasteiger partial charge in [0.2, 0.25) is 11.6 Å². The zero-order valence-corrected chi connectivity index (χ0v) is 50.1. The number of allylic oxidation sites excluding steroid dienone is 4. The molecule has 4 aliphatic carbocycles. The van der Waals surface area contributed by atoms with Crippen LogP contribution in [0.25, 0.3) is 0 Å². The molecule has 8 aliphatic rings. The average Bonchev–Trinajstić information content (AvgIpc) is 1.46. The highest BCUT2D eigenvalue weighted by molar-refractivity contribution is 6.34. The number of benzene rings is 4. The van der Waals surface area contributed by atoms with Crippen molar-refractivity contribution in [2.24, 2.45) is 11.8 Å². The number of hydrogen-bond acceptors (Lipinski definition) is 16. The Kier molecular flexibility index (Phi) is 14.8. The first-order chi connectivity index (χ1) is 42.1. The van der Waals surface area contributed by atoms with Gasteiger partial charge in [0.1, 0.15) is 59.5 Å². The van der Waals surface area contributed by atoms with Crippen LogP contribution in [0.4, 0.5) is 21.0 Å². The number of amides is 2. The minimum atomic E-state index is -1.60. The Labute approximate surface area is 508 Å². The summed E-state index contributed by atoms with van der Waals surface area (Å²) >= 11 is 0. The number of aryl methyl sites for hydroxylation is 2. The number of epoxide rings is 2. The van der Waals surface area contributed by atoms with Crippen LogP contribution < -0.4 is 19.3 Å². The molecule has 0 aromatic heterocycles. The molecule has 2 saturated heterocycles. The molecule has 4 aromatic carbocycles. The lowest BCUT2D eigenvalue weighted by molar-refractivity contribution is 0.0971. The lowest BCUT2D eigenvalue weighted by Crippen LogP contribution is -2.59. The summed E-state index contributed by atoms with van der Waals surface area (Å²) in [6.07, 6.45) is 5.17. The minimum Gasteiger partial charge on any atom is -0.507 e. The van der Waals surface area contributed by atoms with Crippen molar-refractivity contribution in [3.63, 3.8) is 0 Å². The maximum atomic E-state index is 14.6. The summed E-state index contributed by atoms with van der Waals surface area (Å²) < 4.78 is 35.4. The summed E-state index contributed by atoms with van der Waals surface area (Å²) in [7, 11) is 2.85. The monoisotopic (exact) mass is 1190 g/mol. The summed E-state index contributed by atoms with van der Waals surface area (Å²) in [4.78, 5) is 88.1. The predicted octanol–water partition coefficient (Wildman–Crippen LogP) is 8.23. The van der Waals surface area contributed by atoms with Crippen LogP contribution in [-0.2, 0) is 43.0 Å². The van der Waals surface area contributed by atoms with Crippen LogP contribution in [0.1, 0.15) is 139 Å². The van der Waals surface area contributed by atoms with E-state index in [-0.39, 0.29) is 104 Å². The fourth-order valence-electron chi connectivity index (χ4n) is 14.3. The number of anilines is 2. The highest BCUT2D eigenvalue weighted by Crippen LogP contribution is 2.72. The summed E-state index contributed by atoms with van der Waals surface area (Å²) in [6.45, 7) is 21.9. The van der Waals surface area contributed by atoms with Crippen LogP contribution in [0.5, 0.6) is 23.0 Å². The van der Waals surface area contributed by atoms with Crippen molar-refractivity contribution in [3.05, 3.63) is 152 Å². The predicted molar refractivity (Wildman–Crippen MR) is 322 cm³/mol. The van der Waals surface area contributed by atoms with E-state index in [1.54, 1.807) is 12.1 Å². The molecule has 4 bridgehead atoms. The Morgan fingerprint density at radius 1 is 0.580 bits per heavy atom. The van der Waals surface area contributed by atoms with Gasteiger partial charge in [-0.05, 0) is 109 Å². The van der Waals surface area contributed by atoms with E-state index in [0.717, 1.165) is 22.3 Å². The largest absolute Gasteiger partial charge is 0.507 e. The second-order valence-corrected chi connectivity index (χ2v) is 22.8. The van der Waals surface area contributed by atoms with Gasteiger partial charge in [-0.25, -0.2) is 9.59 Å². The molecule has 88 heavy (non-hydrogen) atoms. The SMILES string of the molecule is C=CCOC(=O)N1c2c(cc(O)c3c2C(=O)c2cc(C)c(CC)c(OC)c2C3=O)[C@@]23O[C@@]2(C(C)C)[C@@H]1C#C/C=C\C#C[C@@H]3O.C=CCOC(=O)N1c2c(cc(O)c3c2C(=O)c2cc(C)c(CC)c(OC)c2C3=O)[C@@]23O[C@@]2(C(C)C)[C@@H]1C#C/C=C\C#C[C@H]3O. The third-order valence-corrected chi connectivity index (χ3v) is 18.0. The number of phenolic OH excluding ortho intramolecular Hbond substituents is 2. The van der Waals surface area contributed by atoms with E-state index in [0.29, 0.717) is 12.8 Å². The van der Waals surface area contributed by atoms with Crippen LogP contribution in [0.2, 0.25) is 0 Å². The molecular weight excluding hydrogens is 1120 g/mol. The quantitative estimate of drug-likeness (QED) is 0.0572. The number of nitrogens with zero attached hydrogens (tertiary/aromatic N) is 2. The zero-order chi connectivity index (χ0) is 63.4. The molecule has 4 heterocycles. The maximum absolute atomic E-state index is 14.6. The molecule has 12 rings (SSSR count). The highest BCUT2D eigenvalue weighted by Gasteiger charge is 2.84. The Morgan fingerprint density at radius 3 is 1.25 bits per heavy atom. The van der Waals surface area contributed by atoms with Crippen LogP contribution >= 0.6 is 0 Å². The summed E-state index contributed by atoms with van der Waals surface area (Å²) in [6, 6.07) is 3.65. The number of aromatic hydroxyl groups is 2. The fourth-order valence-corrected chi connectivity index (χ4v) is 14.3. The number of aliphatic hydroxyl groups excluding tert-OH is 2. The Bertz CT molecular complexity index is 3960. The molecule has 18 nitrogen and oxygen atoms in total. The van der Waals surface area contributed by atoms with E-state index in [1.165, 1.54) is 72.6 Å². The summed E-state index contributed by atoms with van der Waals surface area (Å²) in [5.41, 5.74) is -3.44. The molecule has 4 aromatic rings. The third kappa shape index (κ3) is 7.89. The lowest BCUT2D eigenvalue weighted by Gasteiger charge is -2.43. The van der Waals surface area contributed by atoms with Crippen molar-refractivity contribution in [2.75, 3.05) is 37.2 Å². The first-order valence-electron chi connectivity index (χ1n) is 28.7. The normalized spacial score (nSPS) is 26.0. The summed E-state index contributed by atoms with van der Waals surface area (Å²) in [5.74, 6) is 19.4. The average molecular weight is 1190 g/mol. The Hall–Kier alpha value is -9.66. The van der Waals surface area contributed by atoms with Gasteiger partial charge in [-0.1, -0.05) is 114 Å². The van der Waals surface area contributed by atoms with E-state index >= 15 is 0 Å². The van der Waals surface area contributed by atoms with E-state index in [4.69, 9.17) is 28.4 Å². The topological polar surface area (TPSA) is 252 Å². The number of aliphatic hydroxyl groups is 2. The first-order valence-corrected chi connectivity index (χ1v) is 28.7. The number of hydrogen-bond donors (Lipinski definition) is 4. The number of fused-ring (bicyclic) bond motifs is 8. The van der Waals surface area contributed by atoms with Crippen LogP contribution in [0.15, 0.2) is 73.9 Å². The van der Waals surface area contributed by atoms with Crippen molar-refractivity contribution in [1.29, 1.82) is 0 Å². The molecule has 0 spiro atoms. The van der Waals surface area contributed by atoms with Gasteiger partial charge < -0.3 is 48.8 Å². The van der Waals surface area contributed by atoms with Gasteiger partial charge in [-0.2, -0.15) is 0 Å². The van der Waals surface area contributed by atoms with E-state index < -0.39 is 93.5 Å². The van der Waals surface area contributed by atoms with Gasteiger partial charge >= 0.3 is 12.2 Å². The number of ether oxygens (including phenoxy) is 6. The smallest absolute Gasteiger partial charge is 0.415 e. The van der Waals surface area contributed by atoms with Gasteiger partial charge in [0.25, 0.3) is 0 Å². The van der Waals surface area contributed by atoms with E-state index in [1.807, 2.05) is 55.4 Å². The van der Waals surface area contributed by atoms with Gasteiger partial charge in [0, 0.05) is 22.3 Å². The van der Waals surface area contributed by atoms with Crippen LogP contribution in [-0.4, -0.2) is 119 Å². The third-order valence-electron chi connectivity index (χ3n) is 18.0. The van der Waals surface area contributed by atoms with E-state index in [9.17, 15) is 49.2 Å². The summed E-state index contributed by atoms with van der Waals surface area (Å²) in [5, 5.41) is 46.3. The van der Waals surface area contributed by atoms with Crippen molar-refractivity contribution in [3.8, 4) is 70.4 Å². The number of carbonyl (C=O) groups excluding carboxylic acids is 6. The molecule has 18 heteroatoms. The van der Waals surface area contributed by atoms with Crippen molar-refractivity contribution >= 4 is 46.7 Å². The fraction of sp³-hybridized carbons (Fsp3) is 0.343. The van der Waals surface area contributed by atoms with Crippen LogP contribution in [0, 0.1) is 73.0 Å². The number of phenols is 2. The molecule has 2 amide bonds. The number of carbonyl (C=O) groups is 6. The van der Waals surface area contributed by atoms with Crippen molar-refractivity contribution in [1.82, 2.24) is 0 Å². The number of ketones is 4. The molecule has 4 N–H and O–H groups in total. The van der Waals surface area contributed by atoms with Crippen molar-refractivity contribution < 1.29 is 77.6 Å². The Morgan fingerprint density at radius 2 is 0.932 bits per heavy atom. The maximum Gasteiger partial charge on any atom is 0.415 e. The van der Waals surface area contributed by atoms with Gasteiger partial charge in [0.15, 0.2) is 35.0 Å². The molecule has 0 radical (unpaired) electrons. The second kappa shape index (κ2) is 21.6. The van der Waals surface area contributed by atoms with E-state index in [2.05, 4.69) is 60.5 Å². The van der Waals surface area contributed by atoms with Gasteiger partial charge in [-0.15, -0.1) is 0 Å². The molecule has 8 atom stereocenters. The minimum absolute atomic E-state index is 0.0365. The molecule has 0 unspecified atom stereocenters. The molecule has 448 valence electrons. The Balaban J connectivity index is 0.000000182. The van der Waals surface area contributed by atoms with Gasteiger partial charge in [0.05, 0.1) is 59.0 Å². The standard InChI is InChI=1S/2C35H31NO8/c2*1-7-15-43-33(41)36-24-13-11-9-10-12-14-25(38)35(34(24,44-35)18(3)4)22-17-23(37)27-28(29(22)36)30(39)21-16-19(5)20(8-2)32(42-6)26(21)31(27)40/h2*7,9-10,16-18,24-25,37-38H,1,8,15H2,2-6H3/b2*10-9-/t24-,25+,34-,35-;24-,25-,34-,35-/m00/s1. The first kappa shape index (κ1) is 60.0. The molecule has 4 aliphatic heterocycles. The zero-order valence-electron chi connectivity index (χ0n) is 50.1. The van der Waals surface area contributed by atoms with Crippen LogP contribution in [0.3, 0.4) is 0 Å². The molecular formula is C70H62N2O16. The molecule has 0 saturated carbocycles. The number of methoxy groups -OCH3 is 2. The second-order valence-electron chi connectivity index (χ2n) is 22.8. The number of rotatable bonds is 10. The lowest BCUT2D eigenvalue weighted by atomic mass is 9.66. The highest BCUT2D eigenvalue weighted by atomic mass is 16.7. The van der Waals surface area contributed by atoms with Gasteiger partial charge in [-0.3, -0.25) is 29.0 Å². The molecule has 2 fully saturated rings.